The van der Waals surface area contributed by atoms with E-state index in [2.05, 4.69) is 122 Å². The highest BCUT2D eigenvalue weighted by Gasteiger charge is 2.32. The van der Waals surface area contributed by atoms with Crippen LogP contribution in [0, 0.1) is 20.8 Å². The van der Waals surface area contributed by atoms with Gasteiger partial charge in [-0.05, 0) is 50.1 Å². The van der Waals surface area contributed by atoms with Gasteiger partial charge in [-0.15, -0.1) is 0 Å². The molecular formula is C26H30N3+. The van der Waals surface area contributed by atoms with Crippen LogP contribution in [0.4, 0.5) is 0 Å². The van der Waals surface area contributed by atoms with Crippen molar-refractivity contribution in [2.45, 2.75) is 40.5 Å². The second kappa shape index (κ2) is 7.40. The fourth-order valence-electron chi connectivity index (χ4n) is 4.52. The van der Waals surface area contributed by atoms with Crippen molar-refractivity contribution in [3.8, 4) is 22.9 Å². The van der Waals surface area contributed by atoms with E-state index in [9.17, 15) is 0 Å². The van der Waals surface area contributed by atoms with Crippen LogP contribution in [-0.4, -0.2) is 9.13 Å². The summed E-state index contributed by atoms with van der Waals surface area (Å²) in [5.41, 5.74) is 7.70. The molecule has 0 aliphatic rings. The normalized spacial score (nSPS) is 11.4. The molecule has 2 aromatic carbocycles. The molecule has 0 saturated carbocycles. The maximum atomic E-state index is 2.46. The molecule has 2 aromatic heterocycles. The van der Waals surface area contributed by atoms with E-state index in [4.69, 9.17) is 0 Å². The number of nitrogens with zero attached hydrogens (tertiary/aromatic N) is 3. The number of aromatic nitrogens is 3. The van der Waals surface area contributed by atoms with E-state index in [1.54, 1.807) is 0 Å². The summed E-state index contributed by atoms with van der Waals surface area (Å²) >= 11 is 0. The average Bonchev–Trinajstić information content (AvgIpc) is 3.23. The third-order valence-corrected chi connectivity index (χ3v) is 5.78. The van der Waals surface area contributed by atoms with Crippen LogP contribution in [0.2, 0.25) is 0 Å². The Morgan fingerprint density at radius 3 is 2.00 bits per heavy atom. The summed E-state index contributed by atoms with van der Waals surface area (Å²) in [6.07, 6.45) is 2.12. The maximum absolute atomic E-state index is 2.46. The van der Waals surface area contributed by atoms with Crippen molar-refractivity contribution in [2.75, 3.05) is 0 Å². The van der Waals surface area contributed by atoms with E-state index in [-0.39, 0.29) is 0 Å². The molecule has 0 radical (unpaired) electrons. The molecule has 0 aliphatic carbocycles. The largest absolute Gasteiger partial charge is 0.269 e. The summed E-state index contributed by atoms with van der Waals surface area (Å²) in [5.74, 6) is 2.78. The van der Waals surface area contributed by atoms with Crippen molar-refractivity contribution in [3.63, 3.8) is 0 Å². The Balaban J connectivity index is 2.23. The van der Waals surface area contributed by atoms with Crippen LogP contribution >= 0.6 is 0 Å². The van der Waals surface area contributed by atoms with Gasteiger partial charge in [-0.25, -0.2) is 4.57 Å². The second-order valence-corrected chi connectivity index (χ2v) is 8.20. The predicted octanol–water partition coefficient (Wildman–Crippen LogP) is 5.81. The minimum atomic E-state index is 0.389. The number of rotatable bonds is 4. The fourth-order valence-corrected chi connectivity index (χ4v) is 4.52. The van der Waals surface area contributed by atoms with Crippen molar-refractivity contribution < 1.29 is 4.57 Å². The lowest BCUT2D eigenvalue weighted by Crippen LogP contribution is -2.37. The number of hydrogen-bond donors (Lipinski definition) is 0. The minimum Gasteiger partial charge on any atom is -0.269 e. The van der Waals surface area contributed by atoms with E-state index in [1.807, 2.05) is 0 Å². The van der Waals surface area contributed by atoms with Gasteiger partial charge in [0.25, 0.3) is 0 Å². The molecule has 0 spiro atoms. The first-order valence-corrected chi connectivity index (χ1v) is 10.3. The third kappa shape index (κ3) is 3.11. The first kappa shape index (κ1) is 19.3. The maximum Gasteiger partial charge on any atom is 0.246 e. The summed E-state index contributed by atoms with van der Waals surface area (Å²) in [5, 5.41) is 0. The van der Waals surface area contributed by atoms with Gasteiger partial charge in [0, 0.05) is 12.0 Å². The number of hydrogen-bond acceptors (Lipinski definition) is 0. The van der Waals surface area contributed by atoms with Gasteiger partial charge in [0.2, 0.25) is 11.6 Å². The SMILES string of the molecule is Cc1cccc(C)c1-c1n(-c2ccccc2)c(C(C)C)c(C)[n+]1-c1cccn1C. The third-order valence-electron chi connectivity index (χ3n) is 5.78. The highest BCUT2D eigenvalue weighted by molar-refractivity contribution is 5.66. The zero-order chi connectivity index (χ0) is 20.7. The van der Waals surface area contributed by atoms with Gasteiger partial charge in [0.05, 0.1) is 18.8 Å². The summed E-state index contributed by atoms with van der Waals surface area (Å²) in [4.78, 5) is 0. The molecule has 2 heterocycles. The molecule has 0 aliphatic heterocycles. The molecule has 3 heteroatoms. The molecule has 148 valence electrons. The van der Waals surface area contributed by atoms with Crippen molar-refractivity contribution in [1.29, 1.82) is 0 Å². The van der Waals surface area contributed by atoms with Gasteiger partial charge in [-0.1, -0.05) is 50.2 Å². The molecule has 0 atom stereocenters. The molecule has 0 N–H and O–H groups in total. The van der Waals surface area contributed by atoms with Gasteiger partial charge < -0.3 is 0 Å². The average molecular weight is 385 g/mol. The Bertz CT molecular complexity index is 1140. The lowest BCUT2D eigenvalue weighted by atomic mass is 10.0. The quantitative estimate of drug-likeness (QED) is 0.394. The first-order valence-electron chi connectivity index (χ1n) is 10.3. The molecule has 0 unspecified atom stereocenters. The first-order chi connectivity index (χ1) is 13.9. The number of aryl methyl sites for hydroxylation is 3. The Morgan fingerprint density at radius 1 is 0.793 bits per heavy atom. The lowest BCUT2D eigenvalue weighted by Gasteiger charge is -2.14. The van der Waals surface area contributed by atoms with Crippen LogP contribution in [0.1, 0.15) is 42.3 Å². The molecule has 4 rings (SSSR count). The highest BCUT2D eigenvalue weighted by atomic mass is 15.2. The second-order valence-electron chi connectivity index (χ2n) is 8.20. The smallest absolute Gasteiger partial charge is 0.246 e. The van der Waals surface area contributed by atoms with Gasteiger partial charge in [0.15, 0.2) is 0 Å². The Hall–Kier alpha value is -3.07. The molecule has 0 saturated heterocycles. The molecule has 0 amide bonds. The Labute approximate surface area is 173 Å². The molecule has 0 bridgehead atoms. The monoisotopic (exact) mass is 384 g/mol. The topological polar surface area (TPSA) is 13.7 Å². The van der Waals surface area contributed by atoms with E-state index >= 15 is 0 Å². The van der Waals surface area contributed by atoms with Crippen molar-refractivity contribution in [3.05, 3.63) is 89.4 Å². The van der Waals surface area contributed by atoms with Gasteiger partial charge in [0.1, 0.15) is 17.1 Å². The number of benzene rings is 2. The van der Waals surface area contributed by atoms with E-state index in [0.717, 1.165) is 0 Å². The van der Waals surface area contributed by atoms with Crippen LogP contribution < -0.4 is 4.57 Å². The molecule has 3 nitrogen and oxygen atoms in total. The van der Waals surface area contributed by atoms with Gasteiger partial charge in [-0.2, -0.15) is 4.57 Å². The molecule has 4 aromatic rings. The van der Waals surface area contributed by atoms with E-state index in [0.29, 0.717) is 5.92 Å². The lowest BCUT2D eigenvalue weighted by molar-refractivity contribution is -0.595. The van der Waals surface area contributed by atoms with Crippen molar-refractivity contribution in [2.24, 2.45) is 7.05 Å². The minimum absolute atomic E-state index is 0.389. The van der Waals surface area contributed by atoms with Crippen LogP contribution in [0.15, 0.2) is 66.9 Å². The van der Waals surface area contributed by atoms with Crippen molar-refractivity contribution in [1.82, 2.24) is 9.13 Å². The van der Waals surface area contributed by atoms with Gasteiger partial charge >= 0.3 is 0 Å². The van der Waals surface area contributed by atoms with Crippen LogP contribution in [0.3, 0.4) is 0 Å². The zero-order valence-electron chi connectivity index (χ0n) is 18.3. The Morgan fingerprint density at radius 2 is 1.45 bits per heavy atom. The van der Waals surface area contributed by atoms with Crippen LogP contribution in [0.5, 0.6) is 0 Å². The fraction of sp³-hybridized carbons (Fsp3) is 0.269. The summed E-state index contributed by atoms with van der Waals surface area (Å²) < 4.78 is 7.09. The summed E-state index contributed by atoms with van der Waals surface area (Å²) in [6, 6.07) is 21.6. The van der Waals surface area contributed by atoms with Crippen LogP contribution in [0.25, 0.3) is 22.9 Å². The summed E-state index contributed by atoms with van der Waals surface area (Å²) in [6.45, 7) is 11.2. The standard InChI is InChI=1S/C26H30N3/c1-18(2)25-21(5)28(23-16-11-17-27(23)6)26(24-19(3)12-10-13-20(24)4)29(25)22-14-8-7-9-15-22/h7-18H,1-6H3/q+1. The molecule has 0 fully saturated rings. The van der Waals surface area contributed by atoms with E-state index in [1.165, 1.54) is 45.4 Å². The number of imidazole rings is 1. The van der Waals surface area contributed by atoms with Crippen molar-refractivity contribution >= 4 is 0 Å². The van der Waals surface area contributed by atoms with Gasteiger partial charge in [-0.3, -0.25) is 4.57 Å². The Kier molecular flexibility index (Phi) is 4.91. The predicted molar refractivity (Wildman–Crippen MR) is 120 cm³/mol. The number of para-hydroxylation sites is 1. The zero-order valence-corrected chi connectivity index (χ0v) is 18.3. The summed E-state index contributed by atoms with van der Waals surface area (Å²) in [7, 11) is 2.12. The van der Waals surface area contributed by atoms with E-state index < -0.39 is 0 Å². The van der Waals surface area contributed by atoms with Crippen LogP contribution in [-0.2, 0) is 7.05 Å². The molecule has 29 heavy (non-hydrogen) atoms. The molecular weight excluding hydrogens is 354 g/mol. The highest BCUT2D eigenvalue weighted by Crippen LogP contribution is 2.34.